The van der Waals surface area contributed by atoms with Gasteiger partial charge in [0.25, 0.3) is 11.6 Å². The average Bonchev–Trinajstić information content (AvgIpc) is 4.26. The van der Waals surface area contributed by atoms with E-state index >= 15 is 0 Å². The Morgan fingerprint density at radius 3 is 1.14 bits per heavy atom. The summed E-state index contributed by atoms with van der Waals surface area (Å²) in [6, 6.07) is 58.8. The van der Waals surface area contributed by atoms with Crippen molar-refractivity contribution in [1.82, 2.24) is 48.4 Å². The highest BCUT2D eigenvalue weighted by Crippen LogP contribution is 2.45. The zero-order valence-corrected chi connectivity index (χ0v) is 38.8. The van der Waals surface area contributed by atoms with Crippen LogP contribution >= 0.6 is 21.6 Å². The van der Waals surface area contributed by atoms with Crippen LogP contribution in [-0.4, -0.2) is 62.6 Å². The highest BCUT2D eigenvalue weighted by Gasteiger charge is 2.27. The first-order valence-electron chi connectivity index (χ1n) is 21.9. The number of azo groups is 2. The fourth-order valence-electron chi connectivity index (χ4n) is 8.16. The van der Waals surface area contributed by atoms with E-state index in [0.29, 0.717) is 78.5 Å². The van der Waals surface area contributed by atoms with E-state index in [1.807, 2.05) is 191 Å². The third-order valence-electron chi connectivity index (χ3n) is 11.5. The van der Waals surface area contributed by atoms with Crippen molar-refractivity contribution in [3.05, 3.63) is 182 Å². The van der Waals surface area contributed by atoms with Crippen molar-refractivity contribution in [2.24, 2.45) is 20.5 Å². The molecule has 0 aliphatic rings. The Balaban J connectivity index is 1.07. The second-order valence-corrected chi connectivity index (χ2v) is 17.8. The largest absolute Gasteiger partial charge is 0.497 e. The van der Waals surface area contributed by atoms with Gasteiger partial charge >= 0.3 is 0 Å². The monoisotopic (exact) mass is 952 g/mol. The predicted molar refractivity (Wildman–Crippen MR) is 271 cm³/mol. The molecule has 0 N–H and O–H groups in total. The van der Waals surface area contributed by atoms with Gasteiger partial charge in [-0.05, 0) is 107 Å². The molecule has 6 heterocycles. The van der Waals surface area contributed by atoms with Crippen LogP contribution in [0.3, 0.4) is 0 Å². The number of nitrogens with zero attached hydrogens (tertiary/aromatic N) is 14. The van der Waals surface area contributed by atoms with Gasteiger partial charge in [-0.15, -0.1) is 30.6 Å². The first-order chi connectivity index (χ1) is 34.6. The lowest BCUT2D eigenvalue weighted by Crippen LogP contribution is -2.03. The molecule has 0 saturated carbocycles. The minimum atomic E-state index is 0.463. The maximum atomic E-state index is 5.59. The van der Waals surface area contributed by atoms with Crippen molar-refractivity contribution in [2.75, 3.05) is 14.2 Å². The van der Waals surface area contributed by atoms with Crippen molar-refractivity contribution in [3.8, 4) is 56.5 Å². The molecule has 0 saturated heterocycles. The summed E-state index contributed by atoms with van der Waals surface area (Å²) >= 11 is 0. The summed E-state index contributed by atoms with van der Waals surface area (Å²) < 4.78 is 18.6. The smallest absolute Gasteiger partial charge is 0.258 e. The maximum absolute atomic E-state index is 5.59. The zero-order valence-electron chi connectivity index (χ0n) is 37.2. The molecule has 70 heavy (non-hydrogen) atoms. The van der Waals surface area contributed by atoms with Crippen LogP contribution in [0.1, 0.15) is 0 Å². The van der Waals surface area contributed by atoms with Gasteiger partial charge in [-0.3, -0.25) is 8.80 Å². The van der Waals surface area contributed by atoms with Crippen LogP contribution in [0.25, 0.3) is 67.6 Å². The number of aromatic nitrogens is 10. The van der Waals surface area contributed by atoms with E-state index in [1.54, 1.807) is 23.3 Å². The van der Waals surface area contributed by atoms with Gasteiger partial charge in [0.15, 0.2) is 0 Å². The molecule has 0 aliphatic carbocycles. The standard InChI is InChI=1S/C52H36N14O2S2/c1-67-39-27-23-35(24-28-39)47-45(55-53-37-19-11-5-12-20-37)43-31-41(33-15-7-3-8-16-33)61-65(43)49-57-59-51(63(47)49)69-70-52-60-58-50-64(52)48(36-25-29-40(68-2)30-26-36)46(56-54-38-21-13-6-14-22-38)44-32-42(62-66(44)50)34-17-9-4-10-18-34/h3-32H,1-2H3. The Morgan fingerprint density at radius 2 is 0.771 bits per heavy atom. The number of hydrogen-bond donors (Lipinski definition) is 0. The normalized spacial score (nSPS) is 11.9. The summed E-state index contributed by atoms with van der Waals surface area (Å²) in [6.45, 7) is 0. The molecular formula is C52H36N14O2S2. The third kappa shape index (κ3) is 7.75. The van der Waals surface area contributed by atoms with E-state index in [4.69, 9.17) is 60.5 Å². The van der Waals surface area contributed by atoms with E-state index in [-0.39, 0.29) is 0 Å². The van der Waals surface area contributed by atoms with Crippen LogP contribution in [0.4, 0.5) is 22.7 Å². The number of ether oxygens (including phenoxy) is 2. The van der Waals surface area contributed by atoms with Crippen molar-refractivity contribution < 1.29 is 9.47 Å². The summed E-state index contributed by atoms with van der Waals surface area (Å²) in [7, 11) is 6.00. The highest BCUT2D eigenvalue weighted by atomic mass is 33.1. The number of fused-ring (bicyclic) bond motifs is 6. The molecule has 0 radical (unpaired) electrons. The quantitative estimate of drug-likeness (QED) is 0.0803. The number of hydrogen-bond acceptors (Lipinski definition) is 14. The molecule has 16 nitrogen and oxygen atoms in total. The summed E-state index contributed by atoms with van der Waals surface area (Å²) in [5.74, 6) is 2.33. The van der Waals surface area contributed by atoms with Gasteiger partial charge in [0.1, 0.15) is 33.9 Å². The molecule has 0 bridgehead atoms. The molecule has 338 valence electrons. The summed E-state index contributed by atoms with van der Waals surface area (Å²) in [4.78, 5) is 0. The lowest BCUT2D eigenvalue weighted by atomic mass is 10.1. The third-order valence-corrected chi connectivity index (χ3v) is 13.6. The molecule has 6 aromatic carbocycles. The van der Waals surface area contributed by atoms with Gasteiger partial charge in [-0.1, -0.05) is 97.1 Å². The van der Waals surface area contributed by atoms with Gasteiger partial charge in [-0.25, -0.2) is 0 Å². The SMILES string of the molecule is COc1ccc(-c2c(N=Nc3ccccc3)c3cc(-c4ccccc4)nn3c3nnc(SSc4nnc5n4c(-c4ccc(OC)cc4)c(N=Nc4ccccc4)c4cc(-c6ccccc6)nn45)n23)cc1. The number of methoxy groups -OCH3 is 2. The van der Waals surface area contributed by atoms with Gasteiger partial charge < -0.3 is 9.47 Å². The number of rotatable bonds is 13. The Bertz CT molecular complexity index is 3640. The molecule has 18 heteroatoms. The van der Waals surface area contributed by atoms with E-state index in [2.05, 4.69) is 0 Å². The van der Waals surface area contributed by atoms with Crippen LogP contribution < -0.4 is 9.47 Å². The Kier molecular flexibility index (Phi) is 11.0. The summed E-state index contributed by atoms with van der Waals surface area (Å²) in [6.07, 6.45) is 0. The fraction of sp³-hybridized carbons (Fsp3) is 0.0385. The van der Waals surface area contributed by atoms with Gasteiger partial charge in [0.05, 0.1) is 48.4 Å². The molecule has 12 rings (SSSR count). The van der Waals surface area contributed by atoms with Crippen molar-refractivity contribution in [2.45, 2.75) is 10.3 Å². The van der Waals surface area contributed by atoms with E-state index in [9.17, 15) is 0 Å². The molecule has 0 atom stereocenters. The van der Waals surface area contributed by atoms with Crippen LogP contribution in [-0.2, 0) is 0 Å². The van der Waals surface area contributed by atoms with Crippen LogP contribution in [0.5, 0.6) is 11.5 Å². The highest BCUT2D eigenvalue weighted by molar-refractivity contribution is 8.76. The molecule has 0 amide bonds. The Morgan fingerprint density at radius 1 is 0.400 bits per heavy atom. The molecule has 0 fully saturated rings. The lowest BCUT2D eigenvalue weighted by Gasteiger charge is -2.14. The van der Waals surface area contributed by atoms with Crippen molar-refractivity contribution in [1.29, 1.82) is 0 Å². The molecule has 0 spiro atoms. The minimum Gasteiger partial charge on any atom is -0.497 e. The molecule has 0 unspecified atom stereocenters. The number of benzene rings is 6. The van der Waals surface area contributed by atoms with Crippen LogP contribution in [0.15, 0.2) is 213 Å². The van der Waals surface area contributed by atoms with Crippen molar-refractivity contribution in [3.63, 3.8) is 0 Å². The minimum absolute atomic E-state index is 0.463. The first-order valence-corrected chi connectivity index (χ1v) is 24.1. The van der Waals surface area contributed by atoms with Gasteiger partial charge in [0, 0.05) is 22.3 Å². The predicted octanol–water partition coefficient (Wildman–Crippen LogP) is 13.4. The second kappa shape index (κ2) is 18.2. The lowest BCUT2D eigenvalue weighted by molar-refractivity contribution is 0.415. The molecule has 6 aromatic heterocycles. The van der Waals surface area contributed by atoms with E-state index in [1.165, 1.54) is 21.6 Å². The topological polar surface area (TPSA) is 163 Å². The maximum Gasteiger partial charge on any atom is 0.258 e. The van der Waals surface area contributed by atoms with E-state index < -0.39 is 0 Å². The second-order valence-electron chi connectivity index (χ2n) is 15.7. The molecule has 0 aliphatic heterocycles. The fourth-order valence-corrected chi connectivity index (χ4v) is 10.0. The molecule has 12 aromatic rings. The van der Waals surface area contributed by atoms with Crippen molar-refractivity contribution >= 4 is 66.9 Å². The van der Waals surface area contributed by atoms with Gasteiger partial charge in [-0.2, -0.15) is 29.5 Å². The zero-order chi connectivity index (χ0) is 47.0. The summed E-state index contributed by atoms with van der Waals surface area (Å²) in [5, 5.41) is 50.0. The molecular weight excluding hydrogens is 917 g/mol. The Hall–Kier alpha value is -9.00. The average molecular weight is 953 g/mol. The Labute approximate surface area is 406 Å². The van der Waals surface area contributed by atoms with Crippen LogP contribution in [0.2, 0.25) is 0 Å². The van der Waals surface area contributed by atoms with E-state index in [0.717, 1.165) is 33.6 Å². The summed E-state index contributed by atoms with van der Waals surface area (Å²) in [5.41, 5.74) is 10.2. The first kappa shape index (κ1) is 42.4. The van der Waals surface area contributed by atoms with Crippen LogP contribution in [0, 0.1) is 0 Å². The van der Waals surface area contributed by atoms with Gasteiger partial charge in [0.2, 0.25) is 10.3 Å².